The lowest BCUT2D eigenvalue weighted by Gasteiger charge is -2.26. The van der Waals surface area contributed by atoms with Crippen molar-refractivity contribution in [2.24, 2.45) is 0 Å². The van der Waals surface area contributed by atoms with Crippen molar-refractivity contribution in [3.63, 3.8) is 0 Å². The fourth-order valence-electron chi connectivity index (χ4n) is 4.59. The maximum atomic E-state index is 13.3. The third-order valence-corrected chi connectivity index (χ3v) is 6.53. The molecule has 1 N–H and O–H groups in total. The van der Waals surface area contributed by atoms with Gasteiger partial charge in [0.25, 0.3) is 5.91 Å². The van der Waals surface area contributed by atoms with Crippen LogP contribution < -0.4 is 4.74 Å². The number of morpholine rings is 1. The number of carbonyl (C=O) groups excluding carboxylic acids is 1. The number of nitrogens with one attached hydrogen (secondary N) is 1. The molecule has 0 radical (unpaired) electrons. The minimum Gasteiger partial charge on any atom is -0.492 e. The number of ether oxygens (including phenoxy) is 2. The Kier molecular flexibility index (Phi) is 7.34. The number of H-pyrrole nitrogens is 1. The van der Waals surface area contributed by atoms with Crippen LogP contribution in [0.2, 0.25) is 0 Å². The summed E-state index contributed by atoms with van der Waals surface area (Å²) in [6.07, 6.45) is 2.25. The standard InChI is InChI=1S/C26H30FN5O3/c27-21-7-3-19(4-8-21)18-24-28-25(30-29-24)23-2-1-11-32(23)26(33)20-5-9-22(10-6-20)35-17-14-31-12-15-34-16-13-31/h3-10,23H,1-2,11-18H2,(H,28,29,30)/t23-/m1/s1. The van der Waals surface area contributed by atoms with E-state index in [0.717, 1.165) is 57.0 Å². The number of hydrogen-bond donors (Lipinski definition) is 1. The molecule has 0 saturated carbocycles. The van der Waals surface area contributed by atoms with Crippen molar-refractivity contribution in [2.75, 3.05) is 46.0 Å². The molecule has 35 heavy (non-hydrogen) atoms. The highest BCUT2D eigenvalue weighted by atomic mass is 19.1. The minimum atomic E-state index is -0.264. The molecular weight excluding hydrogens is 449 g/mol. The van der Waals surface area contributed by atoms with Gasteiger partial charge in [0.05, 0.1) is 19.3 Å². The first-order chi connectivity index (χ1) is 17.2. The largest absolute Gasteiger partial charge is 0.492 e. The first-order valence-corrected chi connectivity index (χ1v) is 12.2. The SMILES string of the molecule is O=C(c1ccc(OCCN2CCOCC2)cc1)N1CCC[C@@H]1c1n[nH]c(Cc2ccc(F)cc2)n1. The molecule has 0 spiro atoms. The third-order valence-electron chi connectivity index (χ3n) is 6.53. The van der Waals surface area contributed by atoms with Crippen LogP contribution in [0.3, 0.4) is 0 Å². The Labute approximate surface area is 204 Å². The van der Waals surface area contributed by atoms with Gasteiger partial charge < -0.3 is 14.4 Å². The quantitative estimate of drug-likeness (QED) is 0.534. The zero-order valence-corrected chi connectivity index (χ0v) is 19.7. The molecule has 1 amide bonds. The highest BCUT2D eigenvalue weighted by Crippen LogP contribution is 2.31. The smallest absolute Gasteiger partial charge is 0.254 e. The van der Waals surface area contributed by atoms with Crippen LogP contribution >= 0.6 is 0 Å². The number of likely N-dealkylation sites (tertiary alicyclic amines) is 1. The number of carbonyl (C=O) groups is 1. The molecule has 3 aromatic rings. The average Bonchev–Trinajstić information content (AvgIpc) is 3.56. The van der Waals surface area contributed by atoms with Crippen LogP contribution in [-0.4, -0.2) is 76.9 Å². The van der Waals surface area contributed by atoms with E-state index in [4.69, 9.17) is 9.47 Å². The number of amides is 1. The first-order valence-electron chi connectivity index (χ1n) is 12.2. The second-order valence-corrected chi connectivity index (χ2v) is 8.93. The number of hydrogen-bond acceptors (Lipinski definition) is 6. The normalized spacial score (nSPS) is 18.7. The maximum absolute atomic E-state index is 13.3. The maximum Gasteiger partial charge on any atom is 0.254 e. The van der Waals surface area contributed by atoms with E-state index in [9.17, 15) is 9.18 Å². The van der Waals surface area contributed by atoms with Gasteiger partial charge in [0.2, 0.25) is 0 Å². The second-order valence-electron chi connectivity index (χ2n) is 8.93. The Balaban J connectivity index is 1.17. The van der Waals surface area contributed by atoms with Gasteiger partial charge >= 0.3 is 0 Å². The monoisotopic (exact) mass is 479 g/mol. The molecule has 1 atom stereocenters. The van der Waals surface area contributed by atoms with Gasteiger partial charge in [0, 0.05) is 38.2 Å². The van der Waals surface area contributed by atoms with Crippen LogP contribution in [0.4, 0.5) is 4.39 Å². The zero-order valence-electron chi connectivity index (χ0n) is 19.7. The molecule has 1 aromatic heterocycles. The number of nitrogens with zero attached hydrogens (tertiary/aromatic N) is 4. The van der Waals surface area contributed by atoms with Crippen molar-refractivity contribution in [2.45, 2.75) is 25.3 Å². The van der Waals surface area contributed by atoms with Crippen LogP contribution in [0.5, 0.6) is 5.75 Å². The van der Waals surface area contributed by atoms with E-state index >= 15 is 0 Å². The van der Waals surface area contributed by atoms with Crippen LogP contribution in [0.15, 0.2) is 48.5 Å². The van der Waals surface area contributed by atoms with E-state index in [2.05, 4.69) is 20.1 Å². The van der Waals surface area contributed by atoms with Crippen LogP contribution in [0.1, 0.15) is 46.5 Å². The summed E-state index contributed by atoms with van der Waals surface area (Å²) >= 11 is 0. The van der Waals surface area contributed by atoms with Crippen molar-refractivity contribution in [1.82, 2.24) is 25.0 Å². The fourth-order valence-corrected chi connectivity index (χ4v) is 4.59. The summed E-state index contributed by atoms with van der Waals surface area (Å²) < 4.78 is 24.4. The summed E-state index contributed by atoms with van der Waals surface area (Å²) in [6, 6.07) is 13.5. The van der Waals surface area contributed by atoms with Crippen molar-refractivity contribution in [3.05, 3.63) is 77.1 Å². The molecule has 184 valence electrons. The molecule has 9 heteroatoms. The number of aromatic amines is 1. The van der Waals surface area contributed by atoms with Gasteiger partial charge in [-0.2, -0.15) is 5.10 Å². The van der Waals surface area contributed by atoms with Gasteiger partial charge in [0.15, 0.2) is 5.82 Å². The Bertz CT molecular complexity index is 1110. The summed E-state index contributed by atoms with van der Waals surface area (Å²) in [6.45, 7) is 5.56. The van der Waals surface area contributed by atoms with Gasteiger partial charge in [-0.3, -0.25) is 14.8 Å². The van der Waals surface area contributed by atoms with Gasteiger partial charge in [-0.05, 0) is 54.8 Å². The van der Waals surface area contributed by atoms with E-state index < -0.39 is 0 Å². The van der Waals surface area contributed by atoms with Gasteiger partial charge in [-0.25, -0.2) is 9.37 Å². The molecule has 2 aliphatic rings. The fraction of sp³-hybridized carbons (Fsp3) is 0.423. The second kappa shape index (κ2) is 11.0. The van der Waals surface area contributed by atoms with Crippen molar-refractivity contribution >= 4 is 5.91 Å². The summed E-state index contributed by atoms with van der Waals surface area (Å²) in [5, 5.41) is 7.36. The molecule has 0 unspecified atom stereocenters. The van der Waals surface area contributed by atoms with Gasteiger partial charge in [-0.1, -0.05) is 12.1 Å². The number of rotatable bonds is 8. The lowest BCUT2D eigenvalue weighted by Crippen LogP contribution is -2.38. The molecule has 2 aliphatic heterocycles. The summed E-state index contributed by atoms with van der Waals surface area (Å²) in [5.74, 6) is 1.78. The summed E-state index contributed by atoms with van der Waals surface area (Å²) in [5.41, 5.74) is 1.57. The van der Waals surface area contributed by atoms with Crippen LogP contribution in [-0.2, 0) is 11.2 Å². The van der Waals surface area contributed by atoms with Gasteiger partial charge in [-0.15, -0.1) is 0 Å². The van der Waals surface area contributed by atoms with E-state index in [1.54, 1.807) is 12.1 Å². The molecule has 8 nitrogen and oxygen atoms in total. The number of aromatic nitrogens is 3. The molecule has 2 fully saturated rings. The first kappa shape index (κ1) is 23.4. The third kappa shape index (κ3) is 5.86. The van der Waals surface area contributed by atoms with E-state index in [-0.39, 0.29) is 17.8 Å². The Hall–Kier alpha value is -3.30. The average molecular weight is 480 g/mol. The Morgan fingerprint density at radius 3 is 2.63 bits per heavy atom. The summed E-state index contributed by atoms with van der Waals surface area (Å²) in [4.78, 5) is 22.1. The Morgan fingerprint density at radius 2 is 1.86 bits per heavy atom. The highest BCUT2D eigenvalue weighted by molar-refractivity contribution is 5.94. The predicted octanol–water partition coefficient (Wildman–Crippen LogP) is 3.22. The summed E-state index contributed by atoms with van der Waals surface area (Å²) in [7, 11) is 0. The lowest BCUT2D eigenvalue weighted by molar-refractivity contribution is 0.0322. The van der Waals surface area contributed by atoms with Gasteiger partial charge in [0.1, 0.15) is 24.0 Å². The predicted molar refractivity (Wildman–Crippen MR) is 128 cm³/mol. The molecule has 2 aromatic carbocycles. The highest BCUT2D eigenvalue weighted by Gasteiger charge is 2.33. The van der Waals surface area contributed by atoms with E-state index in [1.165, 1.54) is 12.1 Å². The van der Waals surface area contributed by atoms with Crippen molar-refractivity contribution in [1.29, 1.82) is 0 Å². The minimum absolute atomic E-state index is 0.0303. The molecular formula is C26H30FN5O3. The zero-order chi connectivity index (χ0) is 24.0. The number of benzene rings is 2. The number of halogens is 1. The lowest BCUT2D eigenvalue weighted by atomic mass is 10.1. The Morgan fingerprint density at radius 1 is 1.09 bits per heavy atom. The van der Waals surface area contributed by atoms with Crippen LogP contribution in [0.25, 0.3) is 0 Å². The van der Waals surface area contributed by atoms with Crippen LogP contribution in [0, 0.1) is 5.82 Å². The molecule has 3 heterocycles. The van der Waals surface area contributed by atoms with Crippen molar-refractivity contribution < 1.29 is 18.7 Å². The van der Waals surface area contributed by atoms with E-state index in [1.807, 2.05) is 29.2 Å². The molecule has 0 bridgehead atoms. The molecule has 2 saturated heterocycles. The molecule has 0 aliphatic carbocycles. The van der Waals surface area contributed by atoms with E-state index in [0.29, 0.717) is 36.8 Å². The van der Waals surface area contributed by atoms with Crippen molar-refractivity contribution in [3.8, 4) is 5.75 Å². The molecule has 5 rings (SSSR count). The topological polar surface area (TPSA) is 83.6 Å².